The Labute approximate surface area is 208 Å². The molecule has 186 valence electrons. The van der Waals surface area contributed by atoms with Gasteiger partial charge in [0.25, 0.3) is 0 Å². The lowest BCUT2D eigenvalue weighted by molar-refractivity contribution is -0.111. The van der Waals surface area contributed by atoms with E-state index >= 15 is 0 Å². The first kappa shape index (κ1) is 22.9. The van der Waals surface area contributed by atoms with Crippen molar-refractivity contribution in [1.82, 2.24) is 14.5 Å². The van der Waals surface area contributed by atoms with Crippen LogP contribution in [0, 0.1) is 35.5 Å². The molecule has 0 aromatic carbocycles. The van der Waals surface area contributed by atoms with E-state index in [1.807, 2.05) is 0 Å². The molecule has 0 unspecified atom stereocenters. The van der Waals surface area contributed by atoms with Crippen LogP contribution in [0.4, 0.5) is 10.6 Å². The molecule has 3 atom stereocenters. The van der Waals surface area contributed by atoms with Gasteiger partial charge >= 0.3 is 6.16 Å². The van der Waals surface area contributed by atoms with Crippen molar-refractivity contribution in [3.05, 3.63) is 17.5 Å². The standard InChI is InChI=1S/C25H29ClN4O5/c1-2-25(13-34-23(32)33-12-24-9-14-5-15(10-24)7-16(6-14)11-24)18(31)8-19(35-25)30-4-3-17-20(27)28-22(26)29-21(17)30/h1,3-4,14-16,18-19,31H,5-13H2,(H2,27,28,29)/t14?,15?,16?,18-,19+,24?,25+/m0/s1. The van der Waals surface area contributed by atoms with Gasteiger partial charge in [-0.15, -0.1) is 6.42 Å². The molecule has 3 heterocycles. The maximum atomic E-state index is 12.5. The highest BCUT2D eigenvalue weighted by Gasteiger charge is 2.52. The van der Waals surface area contributed by atoms with E-state index in [1.54, 1.807) is 16.8 Å². The van der Waals surface area contributed by atoms with Gasteiger partial charge in [0.1, 0.15) is 37.0 Å². The Morgan fingerprint density at radius 3 is 2.51 bits per heavy atom. The van der Waals surface area contributed by atoms with Gasteiger partial charge in [-0.2, -0.15) is 4.98 Å². The largest absolute Gasteiger partial charge is 0.508 e. The maximum absolute atomic E-state index is 12.5. The minimum Gasteiger partial charge on any atom is -0.434 e. The smallest absolute Gasteiger partial charge is 0.434 e. The van der Waals surface area contributed by atoms with E-state index in [4.69, 9.17) is 38.0 Å². The molecule has 0 radical (unpaired) electrons. The van der Waals surface area contributed by atoms with Crippen molar-refractivity contribution in [3.8, 4) is 12.3 Å². The molecule has 10 heteroatoms. The van der Waals surface area contributed by atoms with Crippen LogP contribution < -0.4 is 5.73 Å². The second-order valence-corrected chi connectivity index (χ2v) is 11.3. The van der Waals surface area contributed by atoms with Crippen molar-refractivity contribution in [2.45, 2.75) is 62.9 Å². The number of nitrogens with zero attached hydrogens (tertiary/aromatic N) is 3. The topological polar surface area (TPSA) is 122 Å². The Morgan fingerprint density at radius 2 is 1.86 bits per heavy atom. The Balaban J connectivity index is 1.10. The number of hydrogen-bond acceptors (Lipinski definition) is 8. The van der Waals surface area contributed by atoms with E-state index in [0.717, 1.165) is 37.0 Å². The monoisotopic (exact) mass is 500 g/mol. The minimum atomic E-state index is -1.51. The molecule has 5 aliphatic rings. The van der Waals surface area contributed by atoms with E-state index in [1.165, 1.54) is 19.3 Å². The SMILES string of the molecule is C#C[C@]1(COC(=O)OCC23CC4CC(CC(C4)C2)C3)O[C@@H](n2ccc3c(N)nc(Cl)nc32)C[C@@H]1O. The molecule has 2 aromatic heterocycles. The highest BCUT2D eigenvalue weighted by Crippen LogP contribution is 2.60. The van der Waals surface area contributed by atoms with E-state index in [9.17, 15) is 9.90 Å². The average molecular weight is 501 g/mol. The average Bonchev–Trinajstić information content (AvgIpc) is 3.37. The zero-order chi connectivity index (χ0) is 24.4. The van der Waals surface area contributed by atoms with Crippen molar-refractivity contribution in [2.75, 3.05) is 18.9 Å². The van der Waals surface area contributed by atoms with Crippen LogP contribution in [0.2, 0.25) is 5.28 Å². The summed E-state index contributed by atoms with van der Waals surface area (Å²) in [5.74, 6) is 5.04. The molecule has 0 spiro atoms. The summed E-state index contributed by atoms with van der Waals surface area (Å²) >= 11 is 5.97. The molecule has 3 N–H and O–H groups in total. The lowest BCUT2D eigenvalue weighted by Crippen LogP contribution is -2.48. The number of rotatable bonds is 5. The number of ether oxygens (including phenoxy) is 3. The molecule has 0 amide bonds. The summed E-state index contributed by atoms with van der Waals surface area (Å²) in [6, 6.07) is 1.74. The molecule has 1 aliphatic heterocycles. The molecular weight excluding hydrogens is 472 g/mol. The number of terminal acetylenes is 1. The van der Waals surface area contributed by atoms with E-state index < -0.39 is 24.1 Å². The third-order valence-electron chi connectivity index (χ3n) is 8.50. The van der Waals surface area contributed by atoms with Crippen LogP contribution in [-0.4, -0.2) is 50.7 Å². The molecule has 4 saturated carbocycles. The normalized spacial score (nSPS) is 37.5. The molecule has 35 heavy (non-hydrogen) atoms. The van der Waals surface area contributed by atoms with Gasteiger partial charge in [-0.3, -0.25) is 0 Å². The van der Waals surface area contributed by atoms with Crippen LogP contribution in [0.1, 0.15) is 51.2 Å². The van der Waals surface area contributed by atoms with Crippen LogP contribution in [0.3, 0.4) is 0 Å². The summed E-state index contributed by atoms with van der Waals surface area (Å²) in [5, 5.41) is 11.4. The predicted octanol–water partition coefficient (Wildman–Crippen LogP) is 3.69. The van der Waals surface area contributed by atoms with Crippen LogP contribution in [0.5, 0.6) is 0 Å². The van der Waals surface area contributed by atoms with Gasteiger partial charge in [0.2, 0.25) is 5.28 Å². The predicted molar refractivity (Wildman–Crippen MR) is 127 cm³/mol. The summed E-state index contributed by atoms with van der Waals surface area (Å²) in [6.07, 6.45) is 12.5. The maximum Gasteiger partial charge on any atom is 0.508 e. The lowest BCUT2D eigenvalue weighted by Gasteiger charge is -2.56. The van der Waals surface area contributed by atoms with Crippen molar-refractivity contribution in [2.24, 2.45) is 23.2 Å². The number of carbonyl (C=O) groups excluding carboxylic acids is 1. The third-order valence-corrected chi connectivity index (χ3v) is 8.67. The molecule has 9 nitrogen and oxygen atoms in total. The zero-order valence-corrected chi connectivity index (χ0v) is 20.1. The van der Waals surface area contributed by atoms with Crippen LogP contribution in [-0.2, 0) is 14.2 Å². The Kier molecular flexibility index (Phi) is 5.40. The van der Waals surface area contributed by atoms with Gasteiger partial charge in [-0.1, -0.05) is 5.92 Å². The van der Waals surface area contributed by atoms with Crippen molar-refractivity contribution in [1.29, 1.82) is 0 Å². The number of nitrogen functional groups attached to an aromatic ring is 1. The number of hydrogen-bond donors (Lipinski definition) is 2. The molecule has 2 aromatic rings. The number of anilines is 1. The van der Waals surface area contributed by atoms with Crippen molar-refractivity contribution >= 4 is 34.6 Å². The van der Waals surface area contributed by atoms with Crippen LogP contribution >= 0.6 is 11.6 Å². The zero-order valence-electron chi connectivity index (χ0n) is 19.4. The summed E-state index contributed by atoms with van der Waals surface area (Å²) in [7, 11) is 0. The fourth-order valence-electron chi connectivity index (χ4n) is 7.37. The molecule has 7 rings (SSSR count). The Morgan fingerprint density at radius 1 is 1.20 bits per heavy atom. The van der Waals surface area contributed by atoms with Gasteiger partial charge < -0.3 is 29.6 Å². The Bertz CT molecular complexity index is 1170. The van der Waals surface area contributed by atoms with E-state index in [0.29, 0.717) is 17.6 Å². The number of nitrogens with two attached hydrogens (primary N) is 1. The summed E-state index contributed by atoms with van der Waals surface area (Å²) in [4.78, 5) is 20.7. The van der Waals surface area contributed by atoms with Crippen LogP contribution in [0.15, 0.2) is 12.3 Å². The fourth-order valence-corrected chi connectivity index (χ4v) is 7.54. The van der Waals surface area contributed by atoms with E-state index in [2.05, 4.69) is 15.9 Å². The molecule has 4 bridgehead atoms. The number of fused-ring (bicyclic) bond motifs is 1. The minimum absolute atomic E-state index is 0.00168. The fraction of sp³-hybridized carbons (Fsp3) is 0.640. The van der Waals surface area contributed by atoms with Crippen LogP contribution in [0.25, 0.3) is 11.0 Å². The number of aliphatic hydroxyl groups excluding tert-OH is 1. The molecule has 5 fully saturated rings. The highest BCUT2D eigenvalue weighted by molar-refractivity contribution is 6.28. The van der Waals surface area contributed by atoms with Gasteiger partial charge in [0.05, 0.1) is 5.39 Å². The lowest BCUT2D eigenvalue weighted by atomic mass is 9.50. The first-order valence-electron chi connectivity index (χ1n) is 12.2. The molecule has 1 saturated heterocycles. The Hall–Kier alpha value is -2.54. The number of aromatic nitrogens is 3. The van der Waals surface area contributed by atoms with Crippen molar-refractivity contribution < 1.29 is 24.1 Å². The number of halogens is 1. The van der Waals surface area contributed by atoms with E-state index in [-0.39, 0.29) is 29.5 Å². The summed E-state index contributed by atoms with van der Waals surface area (Å²) in [5.41, 5.74) is 4.98. The quantitative estimate of drug-likeness (QED) is 0.362. The first-order valence-corrected chi connectivity index (χ1v) is 12.6. The highest BCUT2D eigenvalue weighted by atomic mass is 35.5. The first-order chi connectivity index (χ1) is 16.8. The molecule has 4 aliphatic carbocycles. The second kappa shape index (κ2) is 8.26. The second-order valence-electron chi connectivity index (χ2n) is 10.9. The van der Waals surface area contributed by atoms with Crippen molar-refractivity contribution in [3.63, 3.8) is 0 Å². The van der Waals surface area contributed by atoms with Gasteiger partial charge in [0.15, 0.2) is 5.60 Å². The van der Waals surface area contributed by atoms with Gasteiger partial charge in [-0.05, 0) is 73.9 Å². The number of aliphatic hydroxyl groups is 1. The third kappa shape index (κ3) is 3.92. The van der Waals surface area contributed by atoms with Gasteiger partial charge in [-0.25, -0.2) is 9.78 Å². The summed E-state index contributed by atoms with van der Waals surface area (Å²) < 4.78 is 18.7. The molecular formula is C25H29ClN4O5. The number of carbonyl (C=O) groups is 1. The summed E-state index contributed by atoms with van der Waals surface area (Å²) in [6.45, 7) is 0.0552. The van der Waals surface area contributed by atoms with Gasteiger partial charge in [0, 0.05) is 18.0 Å².